The molecular weight excluding hydrogens is 299 g/mol. The Bertz CT molecular complexity index is 568. The summed E-state index contributed by atoms with van der Waals surface area (Å²) in [6, 6.07) is 7.50. The molecule has 0 aliphatic carbocycles. The quantitative estimate of drug-likeness (QED) is 0.900. The van der Waals surface area contributed by atoms with Crippen LogP contribution >= 0.6 is 24.8 Å². The molecule has 7 heteroatoms. The first-order chi connectivity index (χ1) is 8.59. The number of fused-ring (bicyclic) bond motifs is 1. The maximum absolute atomic E-state index is 11.4. The van der Waals surface area contributed by atoms with Crippen LogP contribution < -0.4 is 11.1 Å². The van der Waals surface area contributed by atoms with E-state index in [0.29, 0.717) is 13.1 Å². The third-order valence-electron chi connectivity index (χ3n) is 2.89. The summed E-state index contributed by atoms with van der Waals surface area (Å²) in [7, 11) is 0. The summed E-state index contributed by atoms with van der Waals surface area (Å²) in [6.45, 7) is 4.90. The first-order valence-corrected chi connectivity index (χ1v) is 6.05. The highest BCUT2D eigenvalue weighted by atomic mass is 35.5. The van der Waals surface area contributed by atoms with Gasteiger partial charge in [-0.25, -0.2) is 4.98 Å². The fraction of sp³-hybridized carbons (Fsp3) is 0.385. The Morgan fingerprint density at radius 1 is 1.40 bits per heavy atom. The number of hydrogen-bond donors (Lipinski definition) is 2. The van der Waals surface area contributed by atoms with Crippen LogP contribution in [0.25, 0.3) is 11.0 Å². The van der Waals surface area contributed by atoms with Crippen LogP contribution in [0.4, 0.5) is 0 Å². The molecule has 2 aromatic rings. The van der Waals surface area contributed by atoms with Crippen LogP contribution in [0.3, 0.4) is 0 Å². The van der Waals surface area contributed by atoms with E-state index in [1.165, 1.54) is 0 Å². The normalized spacial score (nSPS) is 11.3. The maximum atomic E-state index is 11.4. The van der Waals surface area contributed by atoms with Crippen LogP contribution in [0, 0.1) is 6.92 Å². The topological polar surface area (TPSA) is 72.9 Å². The SMILES string of the molecule is Cc1nc2ccccc2n1CCNC(=O)[C@H](C)N.Cl.Cl. The van der Waals surface area contributed by atoms with Gasteiger partial charge in [0.2, 0.25) is 5.91 Å². The second-order valence-electron chi connectivity index (χ2n) is 4.38. The molecule has 1 atom stereocenters. The number of amides is 1. The van der Waals surface area contributed by atoms with Gasteiger partial charge in [-0.3, -0.25) is 4.79 Å². The Morgan fingerprint density at radius 3 is 2.70 bits per heavy atom. The molecule has 0 fully saturated rings. The first kappa shape index (κ1) is 18.7. The number of halogens is 2. The maximum Gasteiger partial charge on any atom is 0.236 e. The van der Waals surface area contributed by atoms with Gasteiger partial charge >= 0.3 is 0 Å². The highest BCUT2D eigenvalue weighted by Crippen LogP contribution is 2.14. The van der Waals surface area contributed by atoms with Crippen molar-refractivity contribution in [3.8, 4) is 0 Å². The lowest BCUT2D eigenvalue weighted by molar-refractivity contribution is -0.122. The van der Waals surface area contributed by atoms with Crippen molar-refractivity contribution >= 4 is 41.8 Å². The van der Waals surface area contributed by atoms with E-state index in [1.807, 2.05) is 31.2 Å². The molecule has 0 spiro atoms. The lowest BCUT2D eigenvalue weighted by Gasteiger charge is -2.10. The molecule has 0 aliphatic heterocycles. The third kappa shape index (κ3) is 4.10. The average molecular weight is 319 g/mol. The fourth-order valence-electron chi connectivity index (χ4n) is 1.93. The predicted octanol–water partition coefficient (Wildman–Crippen LogP) is 1.65. The number of nitrogens with one attached hydrogen (secondary N) is 1. The molecule has 0 bridgehead atoms. The van der Waals surface area contributed by atoms with Gasteiger partial charge in [0, 0.05) is 13.1 Å². The summed E-state index contributed by atoms with van der Waals surface area (Å²) in [4.78, 5) is 15.8. The van der Waals surface area contributed by atoms with E-state index >= 15 is 0 Å². The van der Waals surface area contributed by atoms with Crippen LogP contribution in [0.5, 0.6) is 0 Å². The number of para-hydroxylation sites is 2. The van der Waals surface area contributed by atoms with Gasteiger partial charge in [0.25, 0.3) is 0 Å². The van der Waals surface area contributed by atoms with Crippen molar-refractivity contribution in [3.63, 3.8) is 0 Å². The monoisotopic (exact) mass is 318 g/mol. The second kappa shape index (κ2) is 8.09. The molecule has 0 aliphatic rings. The predicted molar refractivity (Wildman–Crippen MR) is 85.6 cm³/mol. The van der Waals surface area contributed by atoms with E-state index in [1.54, 1.807) is 6.92 Å². The molecule has 1 amide bonds. The van der Waals surface area contributed by atoms with E-state index < -0.39 is 6.04 Å². The van der Waals surface area contributed by atoms with Crippen LogP contribution in [0.2, 0.25) is 0 Å². The smallest absolute Gasteiger partial charge is 0.236 e. The fourth-order valence-corrected chi connectivity index (χ4v) is 1.93. The Morgan fingerprint density at radius 2 is 2.05 bits per heavy atom. The van der Waals surface area contributed by atoms with Gasteiger partial charge in [0.1, 0.15) is 5.82 Å². The highest BCUT2D eigenvalue weighted by molar-refractivity contribution is 5.85. The lowest BCUT2D eigenvalue weighted by Crippen LogP contribution is -2.39. The summed E-state index contributed by atoms with van der Waals surface area (Å²) in [5.74, 6) is 0.823. The molecule has 1 aromatic heterocycles. The van der Waals surface area contributed by atoms with Crippen molar-refractivity contribution in [3.05, 3.63) is 30.1 Å². The minimum absolute atomic E-state index is 0. The van der Waals surface area contributed by atoms with Crippen molar-refractivity contribution in [2.75, 3.05) is 6.54 Å². The lowest BCUT2D eigenvalue weighted by atomic mass is 10.3. The molecule has 20 heavy (non-hydrogen) atoms. The number of carbonyl (C=O) groups is 1. The molecule has 0 saturated heterocycles. The van der Waals surface area contributed by atoms with Gasteiger partial charge in [-0.05, 0) is 26.0 Å². The number of aryl methyl sites for hydroxylation is 1. The van der Waals surface area contributed by atoms with Gasteiger partial charge in [-0.15, -0.1) is 24.8 Å². The molecule has 0 saturated carbocycles. The molecule has 1 heterocycles. The first-order valence-electron chi connectivity index (χ1n) is 6.05. The van der Waals surface area contributed by atoms with E-state index in [-0.39, 0.29) is 30.7 Å². The van der Waals surface area contributed by atoms with Crippen molar-refractivity contribution < 1.29 is 4.79 Å². The summed E-state index contributed by atoms with van der Waals surface area (Å²) >= 11 is 0. The van der Waals surface area contributed by atoms with Crippen molar-refractivity contribution in [1.29, 1.82) is 0 Å². The molecule has 2 rings (SSSR count). The number of nitrogens with two attached hydrogens (primary N) is 1. The van der Waals surface area contributed by atoms with Crippen LogP contribution in [-0.4, -0.2) is 28.0 Å². The average Bonchev–Trinajstić information content (AvgIpc) is 2.65. The third-order valence-corrected chi connectivity index (χ3v) is 2.89. The molecule has 1 aromatic carbocycles. The molecule has 0 radical (unpaired) electrons. The zero-order valence-electron chi connectivity index (χ0n) is 11.5. The number of carbonyl (C=O) groups excluding carboxylic acids is 1. The molecule has 3 N–H and O–H groups in total. The number of aromatic nitrogens is 2. The van der Waals surface area contributed by atoms with Gasteiger partial charge in [0.05, 0.1) is 17.1 Å². The van der Waals surface area contributed by atoms with E-state index in [4.69, 9.17) is 5.73 Å². The van der Waals surface area contributed by atoms with Crippen LogP contribution in [0.15, 0.2) is 24.3 Å². The molecule has 112 valence electrons. The second-order valence-corrected chi connectivity index (χ2v) is 4.38. The molecule has 5 nitrogen and oxygen atoms in total. The highest BCUT2D eigenvalue weighted by Gasteiger charge is 2.08. The van der Waals surface area contributed by atoms with E-state index in [9.17, 15) is 4.79 Å². The van der Waals surface area contributed by atoms with Gasteiger partial charge in [-0.1, -0.05) is 12.1 Å². The van der Waals surface area contributed by atoms with E-state index in [2.05, 4.69) is 14.9 Å². The largest absolute Gasteiger partial charge is 0.353 e. The van der Waals surface area contributed by atoms with Gasteiger partial charge < -0.3 is 15.6 Å². The van der Waals surface area contributed by atoms with Crippen LogP contribution in [0.1, 0.15) is 12.7 Å². The Kier molecular flexibility index (Phi) is 7.57. The zero-order valence-corrected chi connectivity index (χ0v) is 13.1. The summed E-state index contributed by atoms with van der Waals surface area (Å²) in [5, 5.41) is 2.80. The number of hydrogen-bond acceptors (Lipinski definition) is 3. The number of benzene rings is 1. The zero-order chi connectivity index (χ0) is 13.1. The summed E-state index contributed by atoms with van der Waals surface area (Å²) in [5.41, 5.74) is 7.55. The summed E-state index contributed by atoms with van der Waals surface area (Å²) in [6.07, 6.45) is 0. The number of imidazole rings is 1. The standard InChI is InChI=1S/C13H18N4O.2ClH/c1-9(14)13(18)15-7-8-17-10(2)16-11-5-3-4-6-12(11)17;;/h3-6,9H,7-8,14H2,1-2H3,(H,15,18);2*1H/t9-;;/m0../s1. The Hall–Kier alpha value is -1.30. The summed E-state index contributed by atoms with van der Waals surface area (Å²) < 4.78 is 2.09. The van der Waals surface area contributed by atoms with Crippen LogP contribution in [-0.2, 0) is 11.3 Å². The number of nitrogens with zero attached hydrogens (tertiary/aromatic N) is 2. The minimum Gasteiger partial charge on any atom is -0.353 e. The van der Waals surface area contributed by atoms with Gasteiger partial charge in [-0.2, -0.15) is 0 Å². The van der Waals surface area contributed by atoms with E-state index in [0.717, 1.165) is 16.9 Å². The Balaban J connectivity index is 0.00000180. The molecular formula is C13H20Cl2N4O. The number of rotatable bonds is 4. The Labute approximate surface area is 130 Å². The van der Waals surface area contributed by atoms with Crippen molar-refractivity contribution in [2.45, 2.75) is 26.4 Å². The minimum atomic E-state index is -0.467. The van der Waals surface area contributed by atoms with Gasteiger partial charge in [0.15, 0.2) is 0 Å². The molecule has 0 unspecified atom stereocenters. The van der Waals surface area contributed by atoms with Crippen molar-refractivity contribution in [1.82, 2.24) is 14.9 Å². The van der Waals surface area contributed by atoms with Crippen molar-refractivity contribution in [2.24, 2.45) is 5.73 Å².